The molecule has 1 aliphatic carbocycles. The Morgan fingerprint density at radius 1 is 1.35 bits per heavy atom. The van der Waals surface area contributed by atoms with E-state index in [4.69, 9.17) is 16.3 Å². The maximum atomic E-state index is 15.6. The summed E-state index contributed by atoms with van der Waals surface area (Å²) in [4.78, 5) is 12.4. The lowest BCUT2D eigenvalue weighted by atomic mass is 9.94. The van der Waals surface area contributed by atoms with Crippen molar-refractivity contribution in [1.82, 2.24) is 20.0 Å². The molecule has 1 aliphatic rings. The number of H-pyrrole nitrogens is 1. The maximum absolute atomic E-state index is 15.6. The van der Waals surface area contributed by atoms with E-state index >= 15 is 4.39 Å². The molecule has 0 radical (unpaired) electrons. The number of hydrogen-bond donors (Lipinski definition) is 1. The molecule has 4 aromatic rings. The highest BCUT2D eigenvalue weighted by Crippen LogP contribution is 2.42. The van der Waals surface area contributed by atoms with Gasteiger partial charge in [0.15, 0.2) is 0 Å². The number of hydrogen-bond acceptors (Lipinski definition) is 5. The Morgan fingerprint density at radius 2 is 2.12 bits per heavy atom. The van der Waals surface area contributed by atoms with Gasteiger partial charge in [-0.25, -0.2) is 9.49 Å². The first kappa shape index (κ1) is 22.1. The number of nitrogens with zero attached hydrogens (tertiary/aromatic N) is 4. The Kier molecular flexibility index (Phi) is 5.37. The third-order valence-electron chi connectivity index (χ3n) is 6.08. The van der Waals surface area contributed by atoms with Gasteiger partial charge >= 0.3 is 0 Å². The number of aromatic amines is 1. The minimum Gasteiger partial charge on any atom is -0.489 e. The van der Waals surface area contributed by atoms with Crippen LogP contribution in [0.3, 0.4) is 0 Å². The Bertz CT molecular complexity index is 1560. The summed E-state index contributed by atoms with van der Waals surface area (Å²) < 4.78 is 23.1. The molecule has 1 N–H and O–H groups in total. The van der Waals surface area contributed by atoms with E-state index in [0.29, 0.717) is 51.0 Å². The highest BCUT2D eigenvalue weighted by atomic mass is 35.5. The summed E-state index contributed by atoms with van der Waals surface area (Å²) in [5, 5.41) is 22.2. The average molecular weight is 478 g/mol. The fourth-order valence-corrected chi connectivity index (χ4v) is 4.53. The third kappa shape index (κ3) is 3.53. The van der Waals surface area contributed by atoms with Gasteiger partial charge < -0.3 is 4.74 Å². The molecule has 5 rings (SSSR count). The van der Waals surface area contributed by atoms with Crippen molar-refractivity contribution in [1.29, 1.82) is 5.26 Å². The molecule has 0 spiro atoms. The lowest BCUT2D eigenvalue weighted by Gasteiger charge is -2.16. The summed E-state index contributed by atoms with van der Waals surface area (Å²) in [7, 11) is 1.69. The van der Waals surface area contributed by atoms with Crippen molar-refractivity contribution in [2.24, 2.45) is 7.05 Å². The maximum Gasteiger partial charge on any atom is 0.273 e. The van der Waals surface area contributed by atoms with Crippen LogP contribution in [0.1, 0.15) is 36.6 Å². The number of ether oxygens (including phenoxy) is 1. The van der Waals surface area contributed by atoms with Crippen LogP contribution in [0.4, 0.5) is 4.39 Å². The van der Waals surface area contributed by atoms with Crippen LogP contribution in [-0.4, -0.2) is 26.1 Å². The lowest BCUT2D eigenvalue weighted by Crippen LogP contribution is -2.11. The van der Waals surface area contributed by atoms with Gasteiger partial charge in [-0.2, -0.15) is 15.5 Å². The monoisotopic (exact) mass is 477 g/mol. The number of benzene rings is 2. The number of nitrogens with one attached hydrogen (secondary N) is 1. The van der Waals surface area contributed by atoms with Crippen molar-refractivity contribution < 1.29 is 9.13 Å². The number of fused-ring (bicyclic) bond motifs is 1. The molecular weight excluding hydrogens is 457 g/mol. The quantitative estimate of drug-likeness (QED) is 0.433. The van der Waals surface area contributed by atoms with E-state index in [1.54, 1.807) is 32.3 Å². The van der Waals surface area contributed by atoms with Gasteiger partial charge in [-0.15, -0.1) is 0 Å². The van der Waals surface area contributed by atoms with Crippen molar-refractivity contribution in [3.8, 4) is 34.2 Å². The summed E-state index contributed by atoms with van der Waals surface area (Å²) in [6.07, 6.45) is 4.06. The first-order chi connectivity index (χ1) is 16.3. The van der Waals surface area contributed by atoms with E-state index in [9.17, 15) is 10.1 Å². The van der Waals surface area contributed by atoms with Crippen molar-refractivity contribution in [3.63, 3.8) is 0 Å². The molecule has 0 unspecified atom stereocenters. The Hall–Kier alpha value is -3.70. The van der Waals surface area contributed by atoms with E-state index < -0.39 is 5.82 Å². The van der Waals surface area contributed by atoms with Crippen molar-refractivity contribution in [2.45, 2.75) is 39.2 Å². The molecule has 7 nitrogen and oxygen atoms in total. The second kappa shape index (κ2) is 8.26. The fraction of sp³-hybridized carbons (Fsp3) is 0.280. The van der Waals surface area contributed by atoms with Crippen LogP contribution in [0.25, 0.3) is 33.2 Å². The van der Waals surface area contributed by atoms with Gasteiger partial charge in [0.2, 0.25) is 0 Å². The van der Waals surface area contributed by atoms with E-state index in [2.05, 4.69) is 21.4 Å². The predicted molar refractivity (Wildman–Crippen MR) is 127 cm³/mol. The molecule has 1 fully saturated rings. The zero-order valence-corrected chi connectivity index (χ0v) is 19.6. The van der Waals surface area contributed by atoms with E-state index in [1.807, 2.05) is 13.0 Å². The minimum atomic E-state index is -0.510. The molecule has 2 aromatic heterocycles. The molecule has 34 heavy (non-hydrogen) atoms. The highest BCUT2D eigenvalue weighted by molar-refractivity contribution is 6.36. The van der Waals surface area contributed by atoms with Gasteiger partial charge in [0, 0.05) is 18.0 Å². The van der Waals surface area contributed by atoms with Gasteiger partial charge in [0.25, 0.3) is 5.56 Å². The summed E-state index contributed by atoms with van der Waals surface area (Å²) >= 11 is 6.53. The van der Waals surface area contributed by atoms with Crippen molar-refractivity contribution in [2.75, 3.05) is 0 Å². The first-order valence-electron chi connectivity index (χ1n) is 11.0. The fourth-order valence-electron chi connectivity index (χ4n) is 4.22. The van der Waals surface area contributed by atoms with Gasteiger partial charge in [0.05, 0.1) is 39.7 Å². The molecule has 0 atom stereocenters. The molecule has 0 aliphatic heterocycles. The standard InChI is InChI=1S/C25H21ClFN5O2/c1-4-19-15-8-13(9-18(26)21(15)25(33)31-30-19)17-11-29-32(3)24(17)22-16(10-28)20(34-14-5-6-14)7-12(2)23(22)27/h7-9,11,14H,4-6H2,1-3H3,(H,31,33). The summed E-state index contributed by atoms with van der Waals surface area (Å²) in [6.45, 7) is 3.58. The summed E-state index contributed by atoms with van der Waals surface area (Å²) in [6, 6.07) is 7.18. The molecule has 2 heterocycles. The average Bonchev–Trinajstić information content (AvgIpc) is 3.55. The normalized spacial score (nSPS) is 13.3. The van der Waals surface area contributed by atoms with Gasteiger partial charge in [-0.05, 0) is 55.5 Å². The zero-order valence-electron chi connectivity index (χ0n) is 18.9. The zero-order chi connectivity index (χ0) is 24.1. The van der Waals surface area contributed by atoms with Crippen LogP contribution in [-0.2, 0) is 13.5 Å². The van der Waals surface area contributed by atoms with Crippen LogP contribution < -0.4 is 10.3 Å². The first-order valence-corrected chi connectivity index (χ1v) is 11.3. The largest absolute Gasteiger partial charge is 0.489 e. The molecule has 172 valence electrons. The highest BCUT2D eigenvalue weighted by Gasteiger charge is 2.29. The number of rotatable bonds is 5. The van der Waals surface area contributed by atoms with Crippen LogP contribution in [0.2, 0.25) is 5.02 Å². The lowest BCUT2D eigenvalue weighted by molar-refractivity contribution is 0.301. The van der Waals surface area contributed by atoms with Crippen molar-refractivity contribution >= 4 is 22.4 Å². The van der Waals surface area contributed by atoms with Gasteiger partial charge in [0.1, 0.15) is 23.2 Å². The van der Waals surface area contributed by atoms with Crippen LogP contribution in [0.15, 0.2) is 29.2 Å². The molecule has 0 saturated heterocycles. The minimum absolute atomic E-state index is 0.0492. The SMILES string of the molecule is CCc1n[nH]c(=O)c2c(Cl)cc(-c3cnn(C)c3-c3c(F)c(C)cc(OC4CC4)c3C#N)cc12. The van der Waals surface area contributed by atoms with Crippen LogP contribution in [0, 0.1) is 24.1 Å². The number of aryl methyl sites for hydroxylation is 3. The Morgan fingerprint density at radius 3 is 2.79 bits per heavy atom. The van der Waals surface area contributed by atoms with Crippen LogP contribution in [0.5, 0.6) is 5.75 Å². The second-order valence-corrected chi connectivity index (χ2v) is 8.86. The number of aromatic nitrogens is 4. The Labute approximate surface area is 199 Å². The van der Waals surface area contributed by atoms with E-state index in [1.165, 1.54) is 4.68 Å². The number of nitriles is 1. The second-order valence-electron chi connectivity index (χ2n) is 8.45. The van der Waals surface area contributed by atoms with Gasteiger partial charge in [-0.3, -0.25) is 9.48 Å². The smallest absolute Gasteiger partial charge is 0.273 e. The molecule has 2 aromatic carbocycles. The van der Waals surface area contributed by atoms with Gasteiger partial charge in [-0.1, -0.05) is 18.5 Å². The van der Waals surface area contributed by atoms with E-state index in [0.717, 1.165) is 12.8 Å². The molecular formula is C25H21ClFN5O2. The third-order valence-corrected chi connectivity index (χ3v) is 6.38. The predicted octanol–water partition coefficient (Wildman–Crippen LogP) is 5.07. The van der Waals surface area contributed by atoms with E-state index in [-0.39, 0.29) is 27.8 Å². The number of halogens is 2. The molecule has 1 saturated carbocycles. The summed E-state index contributed by atoms with van der Waals surface area (Å²) in [5.74, 6) is -0.143. The molecule has 0 bridgehead atoms. The van der Waals surface area contributed by atoms with Crippen LogP contribution >= 0.6 is 11.6 Å². The molecule has 0 amide bonds. The molecule has 9 heteroatoms. The topological polar surface area (TPSA) is 96.6 Å². The Balaban J connectivity index is 1.79. The summed E-state index contributed by atoms with van der Waals surface area (Å²) in [5.41, 5.74) is 2.56. The van der Waals surface area contributed by atoms with Crippen molar-refractivity contribution in [3.05, 3.63) is 62.4 Å².